The molecule has 0 aromatic heterocycles. The van der Waals surface area contributed by atoms with Crippen LogP contribution < -0.4 is 10.1 Å². The van der Waals surface area contributed by atoms with Crippen molar-refractivity contribution < 1.29 is 23.9 Å². The SMILES string of the molecule is CCNC(=O)CN(CC)C(=O)COC(=O)COc1ccc(Cl)cc1Cl. The van der Waals surface area contributed by atoms with Crippen LogP contribution in [0.5, 0.6) is 5.75 Å². The van der Waals surface area contributed by atoms with Crippen molar-refractivity contribution in [2.45, 2.75) is 13.8 Å². The van der Waals surface area contributed by atoms with Crippen LogP contribution >= 0.6 is 23.2 Å². The maximum absolute atomic E-state index is 12.0. The monoisotopic (exact) mass is 390 g/mol. The molecular weight excluding hydrogens is 371 g/mol. The number of likely N-dealkylation sites (N-methyl/N-ethyl adjacent to an activating group) is 2. The number of hydrogen-bond donors (Lipinski definition) is 1. The lowest BCUT2D eigenvalue weighted by atomic mass is 10.3. The van der Waals surface area contributed by atoms with Crippen LogP contribution in [0.2, 0.25) is 10.0 Å². The zero-order chi connectivity index (χ0) is 18.8. The van der Waals surface area contributed by atoms with E-state index in [1.807, 2.05) is 0 Å². The number of carbonyl (C=O) groups excluding carboxylic acids is 3. The molecule has 0 aliphatic rings. The van der Waals surface area contributed by atoms with E-state index in [-0.39, 0.29) is 23.2 Å². The van der Waals surface area contributed by atoms with Crippen molar-refractivity contribution in [2.75, 3.05) is 32.8 Å². The molecule has 1 rings (SSSR count). The van der Waals surface area contributed by atoms with Crippen LogP contribution in [0.25, 0.3) is 0 Å². The molecule has 0 bridgehead atoms. The third kappa shape index (κ3) is 7.62. The molecule has 0 spiro atoms. The van der Waals surface area contributed by atoms with Gasteiger partial charge < -0.3 is 19.7 Å². The third-order valence-corrected chi connectivity index (χ3v) is 3.57. The molecule has 7 nitrogen and oxygen atoms in total. The Morgan fingerprint density at radius 1 is 1.16 bits per heavy atom. The zero-order valence-electron chi connectivity index (χ0n) is 14.0. The molecule has 25 heavy (non-hydrogen) atoms. The summed E-state index contributed by atoms with van der Waals surface area (Å²) in [5.74, 6) is -1.19. The molecule has 0 unspecified atom stereocenters. The number of esters is 1. The molecule has 1 N–H and O–H groups in total. The van der Waals surface area contributed by atoms with Crippen molar-refractivity contribution in [1.29, 1.82) is 0 Å². The van der Waals surface area contributed by atoms with Crippen molar-refractivity contribution in [2.24, 2.45) is 0 Å². The summed E-state index contributed by atoms with van der Waals surface area (Å²) in [5.41, 5.74) is 0. The molecule has 0 fully saturated rings. The third-order valence-electron chi connectivity index (χ3n) is 3.04. The lowest BCUT2D eigenvalue weighted by Crippen LogP contribution is -2.42. The fourth-order valence-corrected chi connectivity index (χ4v) is 2.27. The van der Waals surface area contributed by atoms with Crippen molar-refractivity contribution in [3.05, 3.63) is 28.2 Å². The predicted molar refractivity (Wildman–Crippen MR) is 93.9 cm³/mol. The van der Waals surface area contributed by atoms with Crippen LogP contribution in [0.4, 0.5) is 0 Å². The van der Waals surface area contributed by atoms with Crippen molar-refractivity contribution in [3.8, 4) is 5.75 Å². The highest BCUT2D eigenvalue weighted by atomic mass is 35.5. The van der Waals surface area contributed by atoms with E-state index < -0.39 is 25.1 Å². The van der Waals surface area contributed by atoms with Crippen LogP contribution in [0, 0.1) is 0 Å². The Balaban J connectivity index is 2.41. The highest BCUT2D eigenvalue weighted by Gasteiger charge is 2.17. The summed E-state index contributed by atoms with van der Waals surface area (Å²) in [6, 6.07) is 4.57. The maximum Gasteiger partial charge on any atom is 0.344 e. The maximum atomic E-state index is 12.0. The van der Waals surface area contributed by atoms with Gasteiger partial charge in [0, 0.05) is 18.1 Å². The minimum absolute atomic E-state index is 0.0857. The van der Waals surface area contributed by atoms with E-state index in [2.05, 4.69) is 5.32 Å². The summed E-state index contributed by atoms with van der Waals surface area (Å²) in [5, 5.41) is 3.30. The van der Waals surface area contributed by atoms with Crippen LogP contribution in [-0.4, -0.2) is 55.5 Å². The first-order valence-electron chi connectivity index (χ1n) is 7.65. The lowest BCUT2D eigenvalue weighted by molar-refractivity contribution is -0.154. The van der Waals surface area contributed by atoms with E-state index in [1.165, 1.54) is 17.0 Å². The minimum atomic E-state index is -0.728. The van der Waals surface area contributed by atoms with Gasteiger partial charge in [-0.3, -0.25) is 9.59 Å². The Kier molecular flexibility index (Phi) is 9.08. The first-order valence-corrected chi connectivity index (χ1v) is 8.40. The number of amides is 2. The van der Waals surface area contributed by atoms with Crippen LogP contribution in [0.3, 0.4) is 0 Å². The molecule has 2 amide bonds. The Bertz CT molecular complexity index is 625. The van der Waals surface area contributed by atoms with Gasteiger partial charge in [-0.05, 0) is 32.0 Å². The van der Waals surface area contributed by atoms with Crippen molar-refractivity contribution in [1.82, 2.24) is 10.2 Å². The molecule has 0 heterocycles. The molecule has 0 aliphatic carbocycles. The molecule has 0 atom stereocenters. The normalized spacial score (nSPS) is 10.1. The quantitative estimate of drug-likeness (QED) is 0.650. The summed E-state index contributed by atoms with van der Waals surface area (Å²) in [6.07, 6.45) is 0. The molecule has 138 valence electrons. The van der Waals surface area contributed by atoms with Gasteiger partial charge >= 0.3 is 5.97 Å². The summed E-state index contributed by atoms with van der Waals surface area (Å²) < 4.78 is 10.1. The van der Waals surface area contributed by atoms with Crippen LogP contribution in [0.1, 0.15) is 13.8 Å². The predicted octanol–water partition coefficient (Wildman–Crippen LogP) is 1.90. The van der Waals surface area contributed by atoms with Gasteiger partial charge in [0.25, 0.3) is 5.91 Å². The van der Waals surface area contributed by atoms with Crippen LogP contribution in [-0.2, 0) is 19.1 Å². The summed E-state index contributed by atoms with van der Waals surface area (Å²) >= 11 is 11.7. The molecular formula is C16H20Cl2N2O5. The van der Waals surface area contributed by atoms with E-state index in [9.17, 15) is 14.4 Å². The van der Waals surface area contributed by atoms with E-state index >= 15 is 0 Å². The number of nitrogens with zero attached hydrogens (tertiary/aromatic N) is 1. The first-order chi connectivity index (χ1) is 11.9. The number of nitrogens with one attached hydrogen (secondary N) is 1. The Hall–Kier alpha value is -1.99. The molecule has 0 aliphatic heterocycles. The topological polar surface area (TPSA) is 84.9 Å². The average Bonchev–Trinajstić information content (AvgIpc) is 2.57. The molecule has 0 saturated heterocycles. The van der Waals surface area contributed by atoms with Gasteiger partial charge in [0.2, 0.25) is 5.91 Å². The zero-order valence-corrected chi connectivity index (χ0v) is 15.5. The smallest absolute Gasteiger partial charge is 0.344 e. The molecule has 0 saturated carbocycles. The van der Waals surface area contributed by atoms with Gasteiger partial charge in [-0.25, -0.2) is 4.79 Å². The lowest BCUT2D eigenvalue weighted by Gasteiger charge is -2.20. The second-order valence-corrected chi connectivity index (χ2v) is 5.73. The van der Waals surface area contributed by atoms with Gasteiger partial charge in [0.15, 0.2) is 13.2 Å². The number of hydrogen-bond acceptors (Lipinski definition) is 5. The van der Waals surface area contributed by atoms with E-state index in [0.717, 1.165) is 0 Å². The Labute approximate surface area is 156 Å². The molecule has 1 aromatic rings. The Morgan fingerprint density at radius 3 is 2.48 bits per heavy atom. The largest absolute Gasteiger partial charge is 0.480 e. The number of rotatable bonds is 9. The van der Waals surface area contributed by atoms with E-state index in [0.29, 0.717) is 18.1 Å². The molecule has 9 heteroatoms. The average molecular weight is 391 g/mol. The first kappa shape index (κ1) is 21.1. The van der Waals surface area contributed by atoms with E-state index in [4.69, 9.17) is 32.7 Å². The van der Waals surface area contributed by atoms with Gasteiger partial charge in [-0.1, -0.05) is 23.2 Å². The highest BCUT2D eigenvalue weighted by Crippen LogP contribution is 2.27. The number of halogens is 2. The van der Waals surface area contributed by atoms with Crippen molar-refractivity contribution in [3.63, 3.8) is 0 Å². The summed E-state index contributed by atoms with van der Waals surface area (Å²) in [4.78, 5) is 36.4. The van der Waals surface area contributed by atoms with Gasteiger partial charge in [-0.15, -0.1) is 0 Å². The van der Waals surface area contributed by atoms with Gasteiger partial charge in [-0.2, -0.15) is 0 Å². The van der Waals surface area contributed by atoms with Crippen LogP contribution in [0.15, 0.2) is 18.2 Å². The fraction of sp³-hybridized carbons (Fsp3) is 0.438. The number of ether oxygens (including phenoxy) is 2. The van der Waals surface area contributed by atoms with Gasteiger partial charge in [0.1, 0.15) is 5.75 Å². The highest BCUT2D eigenvalue weighted by molar-refractivity contribution is 6.35. The Morgan fingerprint density at radius 2 is 1.88 bits per heavy atom. The van der Waals surface area contributed by atoms with E-state index in [1.54, 1.807) is 19.9 Å². The fourth-order valence-electron chi connectivity index (χ4n) is 1.81. The summed E-state index contributed by atoms with van der Waals surface area (Å²) in [6.45, 7) is 3.35. The molecule has 1 aromatic carbocycles. The summed E-state index contributed by atoms with van der Waals surface area (Å²) in [7, 11) is 0. The second kappa shape index (κ2) is 10.8. The minimum Gasteiger partial charge on any atom is -0.480 e. The molecule has 0 radical (unpaired) electrons. The standard InChI is InChI=1S/C16H20Cl2N2O5/c1-3-19-14(21)8-20(4-2)15(22)9-25-16(23)10-24-13-6-5-11(17)7-12(13)18/h5-7H,3-4,8-10H2,1-2H3,(H,19,21). The number of carbonyl (C=O) groups is 3. The number of benzene rings is 1. The van der Waals surface area contributed by atoms with Crippen molar-refractivity contribution >= 4 is 41.0 Å². The second-order valence-electron chi connectivity index (χ2n) is 4.89. The van der Waals surface area contributed by atoms with Gasteiger partial charge in [0.05, 0.1) is 11.6 Å².